The normalized spacial score (nSPS) is 13.6. The van der Waals surface area contributed by atoms with Crippen LogP contribution in [0, 0.1) is 15.9 Å². The summed E-state index contributed by atoms with van der Waals surface area (Å²) in [6.45, 7) is 0.339. The number of aryl methyl sites for hydroxylation is 1. The Morgan fingerprint density at radius 2 is 2.09 bits per heavy atom. The third kappa shape index (κ3) is 2.77. The number of anilines is 1. The Morgan fingerprint density at radius 1 is 1.30 bits per heavy atom. The van der Waals surface area contributed by atoms with Crippen molar-refractivity contribution < 1.29 is 14.1 Å². The SMILES string of the molecule is O=C(c1cc([N+](=O)[O-])ccc1Cl)N1CCCc2cccc(F)c21. The number of non-ortho nitro benzene ring substituents is 1. The van der Waals surface area contributed by atoms with Gasteiger partial charge in [0.05, 0.1) is 21.2 Å². The molecule has 7 heteroatoms. The van der Waals surface area contributed by atoms with Crippen molar-refractivity contribution in [3.05, 3.63) is 68.5 Å². The number of nitro benzene ring substituents is 1. The first-order valence-electron chi connectivity index (χ1n) is 7.02. The highest BCUT2D eigenvalue weighted by molar-refractivity contribution is 6.34. The molecule has 0 aliphatic carbocycles. The largest absolute Gasteiger partial charge is 0.305 e. The fraction of sp³-hybridized carbons (Fsp3) is 0.188. The monoisotopic (exact) mass is 334 g/mol. The summed E-state index contributed by atoms with van der Waals surface area (Å²) in [6.07, 6.45) is 1.37. The first-order valence-corrected chi connectivity index (χ1v) is 7.40. The highest BCUT2D eigenvalue weighted by Gasteiger charge is 2.28. The molecule has 2 aromatic rings. The van der Waals surface area contributed by atoms with E-state index in [1.54, 1.807) is 12.1 Å². The highest BCUT2D eigenvalue weighted by atomic mass is 35.5. The number of halogens is 2. The molecular formula is C16H12ClFN2O3. The van der Waals surface area contributed by atoms with Gasteiger partial charge in [0.2, 0.25) is 0 Å². The van der Waals surface area contributed by atoms with Crippen LogP contribution < -0.4 is 4.90 Å². The molecule has 118 valence electrons. The van der Waals surface area contributed by atoms with Crippen LogP contribution in [0.5, 0.6) is 0 Å². The summed E-state index contributed by atoms with van der Waals surface area (Å²) in [5, 5.41) is 11.0. The number of para-hydroxylation sites is 1. The minimum Gasteiger partial charge on any atom is -0.305 e. The molecule has 0 fully saturated rings. The van der Waals surface area contributed by atoms with Crippen molar-refractivity contribution in [2.75, 3.05) is 11.4 Å². The van der Waals surface area contributed by atoms with E-state index in [1.807, 2.05) is 0 Å². The average molecular weight is 335 g/mol. The smallest absolute Gasteiger partial charge is 0.270 e. The minimum absolute atomic E-state index is 0.00281. The van der Waals surface area contributed by atoms with E-state index in [0.717, 1.165) is 11.6 Å². The number of carbonyl (C=O) groups excluding carboxylic acids is 1. The lowest BCUT2D eigenvalue weighted by atomic mass is 10.00. The molecular weight excluding hydrogens is 323 g/mol. The summed E-state index contributed by atoms with van der Waals surface area (Å²) in [7, 11) is 0. The summed E-state index contributed by atoms with van der Waals surface area (Å²) in [6, 6.07) is 8.32. The number of hydrogen-bond acceptors (Lipinski definition) is 3. The lowest BCUT2D eigenvalue weighted by Gasteiger charge is -2.30. The first kappa shape index (κ1) is 15.4. The van der Waals surface area contributed by atoms with Crippen LogP contribution in [0.1, 0.15) is 22.3 Å². The van der Waals surface area contributed by atoms with Gasteiger partial charge in [-0.15, -0.1) is 0 Å². The van der Waals surface area contributed by atoms with E-state index in [-0.39, 0.29) is 22.0 Å². The van der Waals surface area contributed by atoms with Crippen molar-refractivity contribution in [2.45, 2.75) is 12.8 Å². The molecule has 0 atom stereocenters. The molecule has 0 aromatic heterocycles. The van der Waals surface area contributed by atoms with Crippen LogP contribution in [0.15, 0.2) is 36.4 Å². The zero-order valence-electron chi connectivity index (χ0n) is 12.0. The van der Waals surface area contributed by atoms with Gasteiger partial charge in [-0.1, -0.05) is 23.7 Å². The van der Waals surface area contributed by atoms with Gasteiger partial charge in [-0.25, -0.2) is 4.39 Å². The molecule has 0 saturated carbocycles. The van der Waals surface area contributed by atoms with E-state index in [2.05, 4.69) is 0 Å². The highest BCUT2D eigenvalue weighted by Crippen LogP contribution is 2.33. The van der Waals surface area contributed by atoms with Crippen molar-refractivity contribution in [3.8, 4) is 0 Å². The third-order valence-electron chi connectivity index (χ3n) is 3.80. The molecule has 5 nitrogen and oxygen atoms in total. The van der Waals surface area contributed by atoms with Gasteiger partial charge < -0.3 is 4.90 Å². The molecule has 1 aliphatic rings. The molecule has 2 aromatic carbocycles. The molecule has 1 heterocycles. The second-order valence-electron chi connectivity index (χ2n) is 5.23. The number of hydrogen-bond donors (Lipinski definition) is 0. The number of carbonyl (C=O) groups is 1. The van der Waals surface area contributed by atoms with Crippen molar-refractivity contribution in [1.82, 2.24) is 0 Å². The Morgan fingerprint density at radius 3 is 2.83 bits per heavy atom. The average Bonchev–Trinajstić information content (AvgIpc) is 2.54. The molecule has 3 rings (SSSR count). The topological polar surface area (TPSA) is 63.4 Å². The molecule has 0 bridgehead atoms. The van der Waals surface area contributed by atoms with Gasteiger partial charge in [0, 0.05) is 18.7 Å². The third-order valence-corrected chi connectivity index (χ3v) is 4.13. The fourth-order valence-electron chi connectivity index (χ4n) is 2.74. The van der Waals surface area contributed by atoms with Gasteiger partial charge in [-0.3, -0.25) is 14.9 Å². The van der Waals surface area contributed by atoms with E-state index in [9.17, 15) is 19.3 Å². The summed E-state index contributed by atoms with van der Waals surface area (Å²) >= 11 is 6.02. The summed E-state index contributed by atoms with van der Waals surface area (Å²) in [4.78, 5) is 24.4. The van der Waals surface area contributed by atoms with E-state index in [4.69, 9.17) is 11.6 Å². The number of fused-ring (bicyclic) bond motifs is 1. The van der Waals surface area contributed by atoms with Crippen LogP contribution in [-0.2, 0) is 6.42 Å². The van der Waals surface area contributed by atoms with Gasteiger partial charge in [0.1, 0.15) is 5.82 Å². The molecule has 0 spiro atoms. The lowest BCUT2D eigenvalue weighted by Crippen LogP contribution is -2.36. The number of benzene rings is 2. The predicted molar refractivity (Wildman–Crippen MR) is 84.5 cm³/mol. The van der Waals surface area contributed by atoms with Gasteiger partial charge >= 0.3 is 0 Å². The number of nitrogens with zero attached hydrogens (tertiary/aromatic N) is 2. The Balaban J connectivity index is 2.06. The molecule has 1 amide bonds. The maximum absolute atomic E-state index is 14.2. The van der Waals surface area contributed by atoms with E-state index in [1.165, 1.54) is 23.1 Å². The fourth-order valence-corrected chi connectivity index (χ4v) is 2.94. The summed E-state index contributed by atoms with van der Waals surface area (Å²) in [5.41, 5.74) is 0.734. The number of rotatable bonds is 2. The number of amides is 1. The Hall–Kier alpha value is -2.47. The van der Waals surface area contributed by atoms with Gasteiger partial charge in [0.25, 0.3) is 11.6 Å². The number of nitro groups is 1. The Labute approximate surface area is 136 Å². The summed E-state index contributed by atoms with van der Waals surface area (Å²) < 4.78 is 14.2. The first-order chi connectivity index (χ1) is 11.0. The van der Waals surface area contributed by atoms with Crippen LogP contribution in [0.3, 0.4) is 0 Å². The van der Waals surface area contributed by atoms with E-state index < -0.39 is 16.6 Å². The van der Waals surface area contributed by atoms with Crippen LogP contribution in [0.4, 0.5) is 15.8 Å². The standard InChI is InChI=1S/C16H12ClFN2O3/c17-13-7-6-11(20(22)23)9-12(13)16(21)19-8-2-4-10-3-1-5-14(18)15(10)19/h1,3,5-7,9H,2,4,8H2. The van der Waals surface area contributed by atoms with Crippen LogP contribution in [0.25, 0.3) is 0 Å². The Kier molecular flexibility index (Phi) is 4.00. The van der Waals surface area contributed by atoms with E-state index >= 15 is 0 Å². The zero-order chi connectivity index (χ0) is 16.6. The van der Waals surface area contributed by atoms with Crippen LogP contribution in [0.2, 0.25) is 5.02 Å². The molecule has 23 heavy (non-hydrogen) atoms. The van der Waals surface area contributed by atoms with Crippen molar-refractivity contribution in [2.24, 2.45) is 0 Å². The molecule has 0 unspecified atom stereocenters. The molecule has 0 radical (unpaired) electrons. The van der Waals surface area contributed by atoms with Gasteiger partial charge in [-0.05, 0) is 30.5 Å². The Bertz CT molecular complexity index is 810. The predicted octanol–water partition coefficient (Wildman–Crippen LogP) is 3.98. The van der Waals surface area contributed by atoms with Gasteiger partial charge in [0.15, 0.2) is 0 Å². The second-order valence-corrected chi connectivity index (χ2v) is 5.64. The van der Waals surface area contributed by atoms with Crippen molar-refractivity contribution >= 4 is 28.9 Å². The summed E-state index contributed by atoms with van der Waals surface area (Å²) in [5.74, 6) is -1.03. The zero-order valence-corrected chi connectivity index (χ0v) is 12.7. The minimum atomic E-state index is -0.599. The van der Waals surface area contributed by atoms with Crippen molar-refractivity contribution in [1.29, 1.82) is 0 Å². The second kappa shape index (κ2) is 5.96. The van der Waals surface area contributed by atoms with Crippen LogP contribution in [-0.4, -0.2) is 17.4 Å². The molecule has 0 N–H and O–H groups in total. The maximum atomic E-state index is 14.2. The molecule has 0 saturated heterocycles. The quantitative estimate of drug-likeness (QED) is 0.616. The van der Waals surface area contributed by atoms with Gasteiger partial charge in [-0.2, -0.15) is 0 Å². The lowest BCUT2D eigenvalue weighted by molar-refractivity contribution is -0.384. The van der Waals surface area contributed by atoms with Crippen molar-refractivity contribution in [3.63, 3.8) is 0 Å². The van der Waals surface area contributed by atoms with E-state index in [0.29, 0.717) is 19.4 Å². The maximum Gasteiger partial charge on any atom is 0.270 e. The molecule has 1 aliphatic heterocycles. The van der Waals surface area contributed by atoms with Crippen LogP contribution >= 0.6 is 11.6 Å².